The second-order valence-electron chi connectivity index (χ2n) is 5.49. The van der Waals surface area contributed by atoms with Gasteiger partial charge in [0.15, 0.2) is 0 Å². The number of carbonyl (C=O) groups excluding carboxylic acids is 1. The number of nitriles is 1. The quantitative estimate of drug-likeness (QED) is 0.897. The average Bonchev–Trinajstić information content (AvgIpc) is 2.48. The summed E-state index contributed by atoms with van der Waals surface area (Å²) in [5, 5.41) is 11.8. The van der Waals surface area contributed by atoms with Crippen LogP contribution in [0.4, 0.5) is 5.69 Å². The third kappa shape index (κ3) is 4.85. The molecule has 1 saturated heterocycles. The van der Waals surface area contributed by atoms with Gasteiger partial charge < -0.3 is 10.1 Å². The molecule has 1 unspecified atom stereocenters. The molecule has 1 atom stereocenters. The van der Waals surface area contributed by atoms with Gasteiger partial charge in [-0.25, -0.2) is 0 Å². The van der Waals surface area contributed by atoms with E-state index in [4.69, 9.17) is 10.00 Å². The first-order valence-corrected chi connectivity index (χ1v) is 7.24. The van der Waals surface area contributed by atoms with Crippen LogP contribution in [0.3, 0.4) is 0 Å². The summed E-state index contributed by atoms with van der Waals surface area (Å²) < 4.78 is 5.45. The van der Waals surface area contributed by atoms with Crippen LogP contribution < -0.4 is 5.32 Å². The van der Waals surface area contributed by atoms with E-state index in [9.17, 15) is 4.79 Å². The van der Waals surface area contributed by atoms with E-state index in [0.717, 1.165) is 32.6 Å². The van der Waals surface area contributed by atoms with Crippen LogP contribution >= 0.6 is 0 Å². The van der Waals surface area contributed by atoms with Crippen molar-refractivity contribution in [1.82, 2.24) is 4.90 Å². The highest BCUT2D eigenvalue weighted by molar-refractivity contribution is 5.93. The van der Waals surface area contributed by atoms with E-state index < -0.39 is 0 Å². The number of nitrogens with one attached hydrogen (secondary N) is 1. The molecule has 2 rings (SSSR count). The number of nitrogens with zero attached hydrogens (tertiary/aromatic N) is 2. The second-order valence-corrected chi connectivity index (χ2v) is 5.49. The number of carbonyl (C=O) groups is 1. The molecule has 0 aliphatic carbocycles. The van der Waals surface area contributed by atoms with E-state index in [0.29, 0.717) is 23.7 Å². The average molecular weight is 287 g/mol. The number of benzene rings is 1. The maximum absolute atomic E-state index is 12.0. The van der Waals surface area contributed by atoms with Crippen molar-refractivity contribution in [2.24, 2.45) is 5.92 Å². The summed E-state index contributed by atoms with van der Waals surface area (Å²) >= 11 is 0. The van der Waals surface area contributed by atoms with E-state index in [1.165, 1.54) is 0 Å². The molecule has 1 fully saturated rings. The predicted molar refractivity (Wildman–Crippen MR) is 80.8 cm³/mol. The predicted octanol–water partition coefficient (Wildman–Crippen LogP) is 1.86. The van der Waals surface area contributed by atoms with Crippen molar-refractivity contribution < 1.29 is 9.53 Å². The summed E-state index contributed by atoms with van der Waals surface area (Å²) in [5.74, 6) is 0.403. The summed E-state index contributed by atoms with van der Waals surface area (Å²) in [6.07, 6.45) is 2.25. The van der Waals surface area contributed by atoms with Gasteiger partial charge >= 0.3 is 0 Å². The topological polar surface area (TPSA) is 65.4 Å². The summed E-state index contributed by atoms with van der Waals surface area (Å²) in [6, 6.07) is 9.10. The van der Waals surface area contributed by atoms with Gasteiger partial charge in [-0.3, -0.25) is 9.69 Å². The Kier molecular flexibility index (Phi) is 5.73. The van der Waals surface area contributed by atoms with Gasteiger partial charge in [-0.15, -0.1) is 0 Å². The molecular weight excluding hydrogens is 266 g/mol. The Morgan fingerprint density at radius 3 is 3.05 bits per heavy atom. The maximum atomic E-state index is 12.0. The molecule has 1 aliphatic rings. The molecule has 0 spiro atoms. The van der Waals surface area contributed by atoms with Crippen LogP contribution in [0.1, 0.15) is 18.4 Å². The number of hydrogen-bond acceptors (Lipinski definition) is 4. The Labute approximate surface area is 125 Å². The van der Waals surface area contributed by atoms with Gasteiger partial charge in [0.2, 0.25) is 5.91 Å². The molecule has 5 nitrogen and oxygen atoms in total. The minimum absolute atomic E-state index is 0.100. The Balaban J connectivity index is 1.82. The fourth-order valence-corrected chi connectivity index (χ4v) is 2.58. The highest BCUT2D eigenvalue weighted by atomic mass is 16.5. The van der Waals surface area contributed by atoms with Gasteiger partial charge in [0.25, 0.3) is 0 Å². The lowest BCUT2D eigenvalue weighted by molar-refractivity contribution is -0.117. The van der Waals surface area contributed by atoms with Gasteiger partial charge in [-0.1, -0.05) is 12.1 Å². The third-order valence-corrected chi connectivity index (χ3v) is 3.56. The molecule has 0 aromatic heterocycles. The molecule has 1 aromatic rings. The van der Waals surface area contributed by atoms with Crippen molar-refractivity contribution in [2.75, 3.05) is 38.7 Å². The summed E-state index contributed by atoms with van der Waals surface area (Å²) in [5.41, 5.74) is 1.05. The molecular formula is C16H21N3O2. The number of hydrogen-bond donors (Lipinski definition) is 1. The minimum Gasteiger partial charge on any atom is -0.381 e. The van der Waals surface area contributed by atoms with E-state index in [1.807, 2.05) is 11.9 Å². The van der Waals surface area contributed by atoms with E-state index in [1.54, 1.807) is 24.3 Å². The number of rotatable bonds is 5. The molecule has 5 heteroatoms. The van der Waals surface area contributed by atoms with Crippen LogP contribution in [0.25, 0.3) is 0 Å². The molecule has 1 aliphatic heterocycles. The number of amides is 1. The highest BCUT2D eigenvalue weighted by Crippen LogP contribution is 2.15. The van der Waals surface area contributed by atoms with Crippen LogP contribution in [0, 0.1) is 17.2 Å². The third-order valence-electron chi connectivity index (χ3n) is 3.56. The molecule has 21 heavy (non-hydrogen) atoms. The molecule has 1 heterocycles. The van der Waals surface area contributed by atoms with Crippen molar-refractivity contribution in [3.63, 3.8) is 0 Å². The minimum atomic E-state index is -0.100. The zero-order valence-electron chi connectivity index (χ0n) is 12.3. The van der Waals surface area contributed by atoms with Crippen LogP contribution in [0.2, 0.25) is 0 Å². The summed E-state index contributed by atoms with van der Waals surface area (Å²) in [6.45, 7) is 2.80. The summed E-state index contributed by atoms with van der Waals surface area (Å²) in [4.78, 5) is 14.0. The standard InChI is InChI=1S/C16H21N3O2/c1-19(10-13-5-4-8-21-12-13)11-16(20)18-15-7-3-2-6-14(15)9-17/h2-3,6-7,13H,4-5,8,10-12H2,1H3,(H,18,20). The lowest BCUT2D eigenvalue weighted by atomic mass is 10.0. The van der Waals surface area contributed by atoms with Gasteiger partial charge in [0, 0.05) is 13.2 Å². The Bertz CT molecular complexity index is 518. The van der Waals surface area contributed by atoms with Gasteiger partial charge in [-0.05, 0) is 37.9 Å². The smallest absolute Gasteiger partial charge is 0.238 e. The van der Waals surface area contributed by atoms with Crippen molar-refractivity contribution >= 4 is 11.6 Å². The number of para-hydroxylation sites is 1. The van der Waals surface area contributed by atoms with E-state index >= 15 is 0 Å². The monoisotopic (exact) mass is 287 g/mol. The lowest BCUT2D eigenvalue weighted by Gasteiger charge is -2.26. The zero-order chi connectivity index (χ0) is 15.1. The molecule has 0 saturated carbocycles. The van der Waals surface area contributed by atoms with Crippen LogP contribution in [0.15, 0.2) is 24.3 Å². The fourth-order valence-electron chi connectivity index (χ4n) is 2.58. The van der Waals surface area contributed by atoms with Crippen molar-refractivity contribution in [1.29, 1.82) is 5.26 Å². The van der Waals surface area contributed by atoms with Gasteiger partial charge in [0.05, 0.1) is 24.4 Å². The summed E-state index contributed by atoms with van der Waals surface area (Å²) in [7, 11) is 1.93. The van der Waals surface area contributed by atoms with E-state index in [2.05, 4.69) is 11.4 Å². The molecule has 0 bridgehead atoms. The SMILES string of the molecule is CN(CC(=O)Nc1ccccc1C#N)CC1CCCOC1. The van der Waals surface area contributed by atoms with Crippen LogP contribution in [-0.2, 0) is 9.53 Å². The largest absolute Gasteiger partial charge is 0.381 e. The Hall–Kier alpha value is -1.90. The first kappa shape index (κ1) is 15.5. The van der Waals surface area contributed by atoms with Crippen molar-refractivity contribution in [3.8, 4) is 6.07 Å². The number of ether oxygens (including phenoxy) is 1. The van der Waals surface area contributed by atoms with Gasteiger partial charge in [-0.2, -0.15) is 5.26 Å². The molecule has 0 radical (unpaired) electrons. The Morgan fingerprint density at radius 2 is 2.33 bits per heavy atom. The normalized spacial score (nSPS) is 18.2. The van der Waals surface area contributed by atoms with Crippen molar-refractivity contribution in [3.05, 3.63) is 29.8 Å². The molecule has 1 N–H and O–H groups in total. The lowest BCUT2D eigenvalue weighted by Crippen LogP contribution is -2.36. The second kappa shape index (κ2) is 7.77. The van der Waals surface area contributed by atoms with Crippen LogP contribution in [0.5, 0.6) is 0 Å². The number of anilines is 1. The first-order chi connectivity index (χ1) is 10.2. The number of likely N-dealkylation sites (N-methyl/N-ethyl adjacent to an activating group) is 1. The maximum Gasteiger partial charge on any atom is 0.238 e. The van der Waals surface area contributed by atoms with Crippen molar-refractivity contribution in [2.45, 2.75) is 12.8 Å². The van der Waals surface area contributed by atoms with Crippen LogP contribution in [-0.4, -0.2) is 44.2 Å². The molecule has 112 valence electrons. The fraction of sp³-hybridized carbons (Fsp3) is 0.500. The van der Waals surface area contributed by atoms with E-state index in [-0.39, 0.29) is 5.91 Å². The zero-order valence-corrected chi connectivity index (χ0v) is 12.3. The Morgan fingerprint density at radius 1 is 1.52 bits per heavy atom. The molecule has 1 aromatic carbocycles. The highest BCUT2D eigenvalue weighted by Gasteiger charge is 2.17. The molecule has 1 amide bonds. The first-order valence-electron chi connectivity index (χ1n) is 7.24. The van der Waals surface area contributed by atoms with Gasteiger partial charge in [0.1, 0.15) is 6.07 Å².